The third kappa shape index (κ3) is 3.45. The van der Waals surface area contributed by atoms with Gasteiger partial charge >= 0.3 is 7.12 Å². The number of nitrogens with zero attached hydrogens (tertiary/aromatic N) is 3. The van der Waals surface area contributed by atoms with E-state index in [1.54, 1.807) is 23.7 Å². The molecule has 2 atom stereocenters. The van der Waals surface area contributed by atoms with Crippen molar-refractivity contribution in [2.75, 3.05) is 5.32 Å². The van der Waals surface area contributed by atoms with Gasteiger partial charge in [0.15, 0.2) is 11.6 Å². The largest absolute Gasteiger partial charge is 0.555 e. The lowest BCUT2D eigenvalue weighted by Crippen LogP contribution is -2.27. The summed E-state index contributed by atoms with van der Waals surface area (Å²) in [5, 5.41) is 26.4. The Morgan fingerprint density at radius 2 is 2.31 bits per heavy atom. The summed E-state index contributed by atoms with van der Waals surface area (Å²) >= 11 is 0. The molecule has 10 heteroatoms. The first kappa shape index (κ1) is 19.0. The van der Waals surface area contributed by atoms with Gasteiger partial charge in [-0.1, -0.05) is 6.08 Å². The Balaban J connectivity index is 1.69. The number of carbonyl (C=O) groups is 1. The minimum absolute atomic E-state index is 0.0443. The molecule has 0 radical (unpaired) electrons. The molecule has 29 heavy (non-hydrogen) atoms. The Labute approximate surface area is 166 Å². The molecule has 2 aliphatic rings. The van der Waals surface area contributed by atoms with Crippen molar-refractivity contribution in [1.82, 2.24) is 9.78 Å². The van der Waals surface area contributed by atoms with Crippen LogP contribution in [0.1, 0.15) is 48.1 Å². The third-order valence-corrected chi connectivity index (χ3v) is 5.32. The van der Waals surface area contributed by atoms with E-state index >= 15 is 0 Å². The van der Waals surface area contributed by atoms with E-state index in [1.807, 2.05) is 0 Å². The summed E-state index contributed by atoms with van der Waals surface area (Å²) in [5.74, 6) is -1.37. The summed E-state index contributed by atoms with van der Waals surface area (Å²) in [6, 6.07) is 4.97. The lowest BCUT2D eigenvalue weighted by molar-refractivity contribution is 0.100. The number of nitrogens with two attached hydrogens (primary N) is 1. The Kier molecular flexibility index (Phi) is 4.76. The molecule has 1 aliphatic heterocycles. The monoisotopic (exact) mass is 395 g/mol. The molecule has 1 fully saturated rings. The molecular formula is C19H19BFN5O3. The number of primary amides is 1. The molecule has 0 saturated heterocycles. The van der Waals surface area contributed by atoms with Crippen molar-refractivity contribution in [2.24, 2.45) is 11.7 Å². The standard InChI is InChI=1S/C19H19BFN5O3/c1-10-5-12-6-13(7-15(21)17(12)29-20(10)28)24-19-14(18(23)27)9-26(25-19)16-4-2-3-11(16)8-22/h5-7,9,11,16,28H,2-4H2,1H3,(H2,23,27)(H,24,25)/t11-,16+/m1/s1. The number of hydrogen-bond donors (Lipinski definition) is 3. The fourth-order valence-corrected chi connectivity index (χ4v) is 3.82. The fourth-order valence-electron chi connectivity index (χ4n) is 3.82. The summed E-state index contributed by atoms with van der Waals surface area (Å²) in [6.45, 7) is 1.67. The number of nitriles is 1. The first-order chi connectivity index (χ1) is 13.9. The van der Waals surface area contributed by atoms with Crippen molar-refractivity contribution in [1.29, 1.82) is 5.26 Å². The van der Waals surface area contributed by atoms with Crippen molar-refractivity contribution in [2.45, 2.75) is 32.2 Å². The van der Waals surface area contributed by atoms with E-state index in [2.05, 4.69) is 16.5 Å². The average molecular weight is 395 g/mol. The second-order valence-corrected chi connectivity index (χ2v) is 7.33. The summed E-state index contributed by atoms with van der Waals surface area (Å²) in [7, 11) is -1.19. The van der Waals surface area contributed by atoms with Gasteiger partial charge in [0.25, 0.3) is 5.91 Å². The van der Waals surface area contributed by atoms with E-state index in [-0.39, 0.29) is 29.1 Å². The van der Waals surface area contributed by atoms with Crippen LogP contribution in [0, 0.1) is 23.1 Å². The molecule has 1 aromatic carbocycles. The summed E-state index contributed by atoms with van der Waals surface area (Å²) < 4.78 is 21.3. The van der Waals surface area contributed by atoms with Crippen LogP contribution in [0.15, 0.2) is 23.8 Å². The van der Waals surface area contributed by atoms with Crippen LogP contribution in [-0.4, -0.2) is 27.8 Å². The highest BCUT2D eigenvalue weighted by Crippen LogP contribution is 2.37. The maximum atomic E-state index is 14.5. The van der Waals surface area contributed by atoms with Gasteiger partial charge in [-0.05, 0) is 37.7 Å². The highest BCUT2D eigenvalue weighted by molar-refractivity contribution is 6.54. The van der Waals surface area contributed by atoms with Gasteiger partial charge < -0.3 is 20.7 Å². The number of benzene rings is 1. The van der Waals surface area contributed by atoms with Crippen LogP contribution in [0.3, 0.4) is 0 Å². The Hall–Kier alpha value is -3.32. The zero-order chi connectivity index (χ0) is 20.7. The molecular weight excluding hydrogens is 376 g/mol. The number of anilines is 2. The normalized spacial score (nSPS) is 20.5. The summed E-state index contributed by atoms with van der Waals surface area (Å²) in [6.07, 6.45) is 5.63. The maximum absolute atomic E-state index is 14.5. The van der Waals surface area contributed by atoms with Gasteiger partial charge in [-0.2, -0.15) is 10.4 Å². The molecule has 4 N–H and O–H groups in total. The number of carbonyl (C=O) groups excluding carboxylic acids is 1. The van der Waals surface area contributed by atoms with E-state index in [0.717, 1.165) is 19.3 Å². The van der Waals surface area contributed by atoms with Gasteiger partial charge in [0.05, 0.1) is 18.0 Å². The second-order valence-electron chi connectivity index (χ2n) is 7.33. The number of nitrogens with one attached hydrogen (secondary N) is 1. The number of hydrogen-bond acceptors (Lipinski definition) is 6. The van der Waals surface area contributed by atoms with Crippen LogP contribution >= 0.6 is 0 Å². The number of rotatable bonds is 4. The molecule has 8 nitrogen and oxygen atoms in total. The molecule has 2 heterocycles. The second kappa shape index (κ2) is 7.26. The zero-order valence-electron chi connectivity index (χ0n) is 15.7. The van der Waals surface area contributed by atoms with Crippen molar-refractivity contribution >= 4 is 30.6 Å². The van der Waals surface area contributed by atoms with E-state index in [4.69, 9.17) is 10.4 Å². The molecule has 1 aliphatic carbocycles. The van der Waals surface area contributed by atoms with E-state index < -0.39 is 18.8 Å². The van der Waals surface area contributed by atoms with Crippen molar-refractivity contribution in [3.63, 3.8) is 0 Å². The quantitative estimate of drug-likeness (QED) is 0.683. The average Bonchev–Trinajstić information content (AvgIpc) is 3.30. The fraction of sp³-hybridized carbons (Fsp3) is 0.316. The SMILES string of the molecule is CC1=Cc2cc(Nc3nn([C@H]4CCC[C@@H]4C#N)cc3C(N)=O)cc(F)c2OB1O. The Morgan fingerprint density at radius 3 is 3.03 bits per heavy atom. The van der Waals surface area contributed by atoms with Crippen LogP contribution in [0.25, 0.3) is 6.08 Å². The molecule has 0 unspecified atom stereocenters. The lowest BCUT2D eigenvalue weighted by atomic mass is 9.76. The molecule has 1 saturated carbocycles. The highest BCUT2D eigenvalue weighted by Gasteiger charge is 2.31. The van der Waals surface area contributed by atoms with Crippen molar-refractivity contribution in [3.05, 3.63) is 40.7 Å². The molecule has 1 amide bonds. The molecule has 4 rings (SSSR count). The highest BCUT2D eigenvalue weighted by atomic mass is 19.1. The Morgan fingerprint density at radius 1 is 1.52 bits per heavy atom. The van der Waals surface area contributed by atoms with Gasteiger partial charge in [-0.3, -0.25) is 9.48 Å². The van der Waals surface area contributed by atoms with E-state index in [0.29, 0.717) is 16.7 Å². The van der Waals surface area contributed by atoms with Crippen LogP contribution in [0.5, 0.6) is 5.75 Å². The molecule has 0 spiro atoms. The zero-order valence-corrected chi connectivity index (χ0v) is 15.7. The van der Waals surface area contributed by atoms with Crippen LogP contribution < -0.4 is 15.7 Å². The number of allylic oxidation sites excluding steroid dienone is 1. The minimum atomic E-state index is -1.19. The predicted molar refractivity (Wildman–Crippen MR) is 105 cm³/mol. The van der Waals surface area contributed by atoms with Crippen molar-refractivity contribution in [3.8, 4) is 11.8 Å². The number of halogens is 1. The first-order valence-corrected chi connectivity index (χ1v) is 9.29. The number of aromatic nitrogens is 2. The van der Waals surface area contributed by atoms with Gasteiger partial charge in [0.1, 0.15) is 11.3 Å². The predicted octanol–water partition coefficient (Wildman–Crippen LogP) is 2.54. The van der Waals surface area contributed by atoms with Gasteiger partial charge in [0, 0.05) is 23.5 Å². The Bertz CT molecular complexity index is 1060. The van der Waals surface area contributed by atoms with Gasteiger partial charge in [-0.15, -0.1) is 0 Å². The van der Waals surface area contributed by atoms with Crippen molar-refractivity contribution < 1.29 is 18.9 Å². The van der Waals surface area contributed by atoms with Crippen LogP contribution in [-0.2, 0) is 0 Å². The van der Waals surface area contributed by atoms with E-state index in [1.165, 1.54) is 12.3 Å². The molecule has 0 bridgehead atoms. The molecule has 2 aromatic rings. The van der Waals surface area contributed by atoms with E-state index in [9.17, 15) is 19.5 Å². The third-order valence-electron chi connectivity index (χ3n) is 5.32. The van der Waals surface area contributed by atoms with Crippen LogP contribution in [0.4, 0.5) is 15.9 Å². The summed E-state index contributed by atoms with van der Waals surface area (Å²) in [4.78, 5) is 11.9. The van der Waals surface area contributed by atoms with Gasteiger partial charge in [0.2, 0.25) is 0 Å². The molecule has 148 valence electrons. The number of amides is 1. The number of fused-ring (bicyclic) bond motifs is 1. The summed E-state index contributed by atoms with van der Waals surface area (Å²) in [5.41, 5.74) is 6.99. The topological polar surface area (TPSA) is 126 Å². The first-order valence-electron chi connectivity index (χ1n) is 9.29. The lowest BCUT2D eigenvalue weighted by Gasteiger charge is -2.20. The minimum Gasteiger partial charge on any atom is -0.530 e. The van der Waals surface area contributed by atoms with Crippen LogP contribution in [0.2, 0.25) is 0 Å². The van der Waals surface area contributed by atoms with Gasteiger partial charge in [-0.25, -0.2) is 4.39 Å². The smallest absolute Gasteiger partial charge is 0.530 e. The maximum Gasteiger partial charge on any atom is 0.555 e. The molecule has 1 aromatic heterocycles.